The van der Waals surface area contributed by atoms with Gasteiger partial charge in [0.1, 0.15) is 11.9 Å². The largest absolute Gasteiger partial charge is 0.463 e. The summed E-state index contributed by atoms with van der Waals surface area (Å²) in [6.45, 7) is 1.47. The van der Waals surface area contributed by atoms with Gasteiger partial charge in [-0.15, -0.1) is 0 Å². The molecule has 2 rings (SSSR count). The maximum Gasteiger partial charge on any atom is 0.151 e. The summed E-state index contributed by atoms with van der Waals surface area (Å²) in [4.78, 5) is 0. The molecule has 14 heavy (non-hydrogen) atoms. The lowest BCUT2D eigenvalue weighted by molar-refractivity contribution is 0.363. The van der Waals surface area contributed by atoms with Crippen LogP contribution in [0.2, 0.25) is 0 Å². The van der Waals surface area contributed by atoms with Gasteiger partial charge in [-0.05, 0) is 25.1 Å². The zero-order chi connectivity index (χ0) is 10.1. The molecular weight excluding hydrogens is 183 g/mol. The first-order valence-electron chi connectivity index (χ1n) is 4.40. The van der Waals surface area contributed by atoms with E-state index in [1.807, 2.05) is 6.07 Å². The highest BCUT2D eigenvalue weighted by Gasteiger charge is 2.13. The Kier molecular flexibility index (Phi) is 2.11. The molecule has 0 N–H and O–H groups in total. The number of furan rings is 1. The van der Waals surface area contributed by atoms with Crippen LogP contribution in [-0.4, -0.2) is 9.78 Å². The Bertz CT molecular complexity index is 417. The number of rotatable bonds is 2. The SMILES string of the molecule is CC(F)c1cc(-c2ccco2)n(C)n1. The zero-order valence-corrected chi connectivity index (χ0v) is 8.07. The summed E-state index contributed by atoms with van der Waals surface area (Å²) in [6.07, 6.45) is 0.533. The van der Waals surface area contributed by atoms with Crippen LogP contribution in [0.1, 0.15) is 18.8 Å². The van der Waals surface area contributed by atoms with Crippen LogP contribution in [0.15, 0.2) is 28.9 Å². The molecule has 0 spiro atoms. The van der Waals surface area contributed by atoms with E-state index in [1.54, 1.807) is 30.1 Å². The van der Waals surface area contributed by atoms with Crippen molar-refractivity contribution in [3.63, 3.8) is 0 Å². The number of nitrogens with zero attached hydrogens (tertiary/aromatic N) is 2. The molecule has 0 fully saturated rings. The van der Waals surface area contributed by atoms with E-state index in [9.17, 15) is 4.39 Å². The molecule has 74 valence electrons. The van der Waals surface area contributed by atoms with Crippen LogP contribution in [0.5, 0.6) is 0 Å². The van der Waals surface area contributed by atoms with Crippen molar-refractivity contribution in [1.82, 2.24) is 9.78 Å². The summed E-state index contributed by atoms with van der Waals surface area (Å²) >= 11 is 0. The Morgan fingerprint density at radius 1 is 1.57 bits per heavy atom. The minimum atomic E-state index is -1.05. The number of hydrogen-bond acceptors (Lipinski definition) is 2. The molecule has 2 aromatic rings. The number of aromatic nitrogens is 2. The molecule has 1 atom stereocenters. The van der Waals surface area contributed by atoms with Crippen molar-refractivity contribution < 1.29 is 8.81 Å². The van der Waals surface area contributed by atoms with Crippen LogP contribution in [0.3, 0.4) is 0 Å². The van der Waals surface area contributed by atoms with Crippen LogP contribution in [-0.2, 0) is 7.05 Å². The molecule has 0 aliphatic heterocycles. The molecule has 1 unspecified atom stereocenters. The van der Waals surface area contributed by atoms with Gasteiger partial charge in [-0.1, -0.05) is 0 Å². The quantitative estimate of drug-likeness (QED) is 0.735. The van der Waals surface area contributed by atoms with Crippen molar-refractivity contribution in [2.24, 2.45) is 7.05 Å². The van der Waals surface area contributed by atoms with Crippen molar-refractivity contribution in [2.75, 3.05) is 0 Å². The molecule has 0 bridgehead atoms. The summed E-state index contributed by atoms with van der Waals surface area (Å²) < 4.78 is 19.8. The van der Waals surface area contributed by atoms with Crippen LogP contribution in [0.25, 0.3) is 11.5 Å². The number of aryl methyl sites for hydroxylation is 1. The summed E-state index contributed by atoms with van der Waals surface area (Å²) in [7, 11) is 1.77. The Morgan fingerprint density at radius 2 is 2.36 bits per heavy atom. The molecule has 0 aliphatic carbocycles. The third-order valence-electron chi connectivity index (χ3n) is 2.08. The summed E-state index contributed by atoms with van der Waals surface area (Å²) in [6, 6.07) is 5.31. The predicted octanol–water partition coefficient (Wildman–Crippen LogP) is 2.71. The molecule has 0 radical (unpaired) electrons. The van der Waals surface area contributed by atoms with E-state index < -0.39 is 6.17 Å². The van der Waals surface area contributed by atoms with E-state index in [2.05, 4.69) is 5.10 Å². The maximum atomic E-state index is 13.0. The second kappa shape index (κ2) is 3.29. The first kappa shape index (κ1) is 8.99. The van der Waals surface area contributed by atoms with Crippen molar-refractivity contribution in [3.05, 3.63) is 30.2 Å². The molecule has 3 nitrogen and oxygen atoms in total. The van der Waals surface area contributed by atoms with Gasteiger partial charge in [-0.25, -0.2) is 4.39 Å². The molecule has 0 aliphatic rings. The van der Waals surface area contributed by atoms with Gasteiger partial charge in [0, 0.05) is 7.05 Å². The Labute approximate surface area is 81.2 Å². The van der Waals surface area contributed by atoms with Gasteiger partial charge in [0.2, 0.25) is 0 Å². The van der Waals surface area contributed by atoms with Gasteiger partial charge in [0.25, 0.3) is 0 Å². The minimum Gasteiger partial charge on any atom is -0.463 e. The van der Waals surface area contributed by atoms with Crippen molar-refractivity contribution in [1.29, 1.82) is 0 Å². The molecule has 4 heteroatoms. The lowest BCUT2D eigenvalue weighted by Gasteiger charge is -1.94. The third-order valence-corrected chi connectivity index (χ3v) is 2.08. The van der Waals surface area contributed by atoms with Gasteiger partial charge in [0.05, 0.1) is 12.0 Å². The Hall–Kier alpha value is -1.58. The first-order chi connectivity index (χ1) is 6.68. The second-order valence-corrected chi connectivity index (χ2v) is 3.17. The topological polar surface area (TPSA) is 31.0 Å². The number of hydrogen-bond donors (Lipinski definition) is 0. The van der Waals surface area contributed by atoms with Gasteiger partial charge < -0.3 is 4.42 Å². The second-order valence-electron chi connectivity index (χ2n) is 3.17. The molecule has 0 saturated heterocycles. The van der Waals surface area contributed by atoms with Gasteiger partial charge in [-0.2, -0.15) is 5.10 Å². The Balaban J connectivity index is 2.45. The Morgan fingerprint density at radius 3 is 2.86 bits per heavy atom. The van der Waals surface area contributed by atoms with Crippen molar-refractivity contribution >= 4 is 0 Å². The normalized spacial score (nSPS) is 13.1. The smallest absolute Gasteiger partial charge is 0.151 e. The molecule has 2 aromatic heterocycles. The highest BCUT2D eigenvalue weighted by Crippen LogP contribution is 2.23. The maximum absolute atomic E-state index is 13.0. The van der Waals surface area contributed by atoms with Gasteiger partial charge in [0.15, 0.2) is 5.76 Å². The van der Waals surface area contributed by atoms with Crippen LogP contribution >= 0.6 is 0 Å². The van der Waals surface area contributed by atoms with E-state index in [1.165, 1.54) is 6.92 Å². The van der Waals surface area contributed by atoms with E-state index in [-0.39, 0.29) is 0 Å². The molecule has 0 amide bonds. The molecule has 0 saturated carbocycles. The van der Waals surface area contributed by atoms with Crippen LogP contribution < -0.4 is 0 Å². The van der Waals surface area contributed by atoms with E-state index in [4.69, 9.17) is 4.42 Å². The highest BCUT2D eigenvalue weighted by atomic mass is 19.1. The highest BCUT2D eigenvalue weighted by molar-refractivity contribution is 5.52. The lowest BCUT2D eigenvalue weighted by Crippen LogP contribution is -1.94. The number of halogens is 1. The minimum absolute atomic E-state index is 0.430. The van der Waals surface area contributed by atoms with E-state index in [0.717, 1.165) is 5.69 Å². The third kappa shape index (κ3) is 1.43. The van der Waals surface area contributed by atoms with Crippen molar-refractivity contribution in [3.8, 4) is 11.5 Å². The molecule has 2 heterocycles. The summed E-state index contributed by atoms with van der Waals surface area (Å²) in [5, 5.41) is 4.05. The van der Waals surface area contributed by atoms with Crippen LogP contribution in [0, 0.1) is 0 Å². The number of alkyl halides is 1. The molecule has 0 aromatic carbocycles. The lowest BCUT2D eigenvalue weighted by atomic mass is 10.2. The molecular formula is C10H11FN2O. The van der Waals surface area contributed by atoms with E-state index in [0.29, 0.717) is 11.5 Å². The zero-order valence-electron chi connectivity index (χ0n) is 8.07. The fourth-order valence-electron chi connectivity index (χ4n) is 1.34. The van der Waals surface area contributed by atoms with E-state index >= 15 is 0 Å². The van der Waals surface area contributed by atoms with Crippen molar-refractivity contribution in [2.45, 2.75) is 13.1 Å². The monoisotopic (exact) mass is 194 g/mol. The first-order valence-corrected chi connectivity index (χ1v) is 4.40. The van der Waals surface area contributed by atoms with Gasteiger partial charge in [-0.3, -0.25) is 4.68 Å². The predicted molar refractivity (Wildman–Crippen MR) is 50.4 cm³/mol. The fourth-order valence-corrected chi connectivity index (χ4v) is 1.34. The average molecular weight is 194 g/mol. The van der Waals surface area contributed by atoms with Crippen LogP contribution in [0.4, 0.5) is 4.39 Å². The average Bonchev–Trinajstić information content (AvgIpc) is 2.71. The summed E-state index contributed by atoms with van der Waals surface area (Å²) in [5.41, 5.74) is 1.22. The standard InChI is InChI=1S/C10H11FN2O/c1-7(11)8-6-9(13(2)12-8)10-4-3-5-14-10/h3-7H,1-2H3. The fraction of sp³-hybridized carbons (Fsp3) is 0.300. The summed E-state index contributed by atoms with van der Waals surface area (Å²) in [5.74, 6) is 0.701. The van der Waals surface area contributed by atoms with Gasteiger partial charge >= 0.3 is 0 Å².